The van der Waals surface area contributed by atoms with Gasteiger partial charge < -0.3 is 0 Å². The van der Waals surface area contributed by atoms with Crippen LogP contribution >= 0.6 is 0 Å². The Morgan fingerprint density at radius 3 is 2.40 bits per heavy atom. The van der Waals surface area contributed by atoms with Crippen LogP contribution in [0.1, 0.15) is 40.0 Å². The first-order valence-corrected chi connectivity index (χ1v) is 4.16. The SMILES string of the molecule is C/C=C/C(=C\CC)CCC. The van der Waals surface area contributed by atoms with Crippen LogP contribution in [0.25, 0.3) is 0 Å². The minimum atomic E-state index is 1.15. The fourth-order valence-electron chi connectivity index (χ4n) is 1.02. The Hall–Kier alpha value is -0.520. The number of hydrogen-bond acceptors (Lipinski definition) is 0. The molecule has 0 aliphatic carbocycles. The van der Waals surface area contributed by atoms with Crippen molar-refractivity contribution in [2.45, 2.75) is 40.0 Å². The van der Waals surface area contributed by atoms with Gasteiger partial charge in [0.1, 0.15) is 0 Å². The lowest BCUT2D eigenvalue weighted by Gasteiger charge is -1.96. The van der Waals surface area contributed by atoms with Crippen molar-refractivity contribution in [3.63, 3.8) is 0 Å². The normalized spacial score (nSPS) is 12.9. The molecule has 0 aromatic rings. The van der Waals surface area contributed by atoms with Crippen molar-refractivity contribution in [2.24, 2.45) is 0 Å². The monoisotopic (exact) mass is 138 g/mol. The van der Waals surface area contributed by atoms with Gasteiger partial charge in [0, 0.05) is 0 Å². The van der Waals surface area contributed by atoms with Crippen molar-refractivity contribution < 1.29 is 0 Å². The van der Waals surface area contributed by atoms with Crippen LogP contribution in [0.3, 0.4) is 0 Å². The lowest BCUT2D eigenvalue weighted by Crippen LogP contribution is -1.76. The van der Waals surface area contributed by atoms with E-state index in [0.717, 1.165) is 6.42 Å². The minimum Gasteiger partial charge on any atom is -0.0874 e. The maximum Gasteiger partial charge on any atom is -0.0285 e. The van der Waals surface area contributed by atoms with Gasteiger partial charge in [0.05, 0.1) is 0 Å². The van der Waals surface area contributed by atoms with E-state index < -0.39 is 0 Å². The second kappa shape index (κ2) is 6.60. The number of rotatable bonds is 4. The molecule has 0 aromatic carbocycles. The Labute approximate surface area is 64.6 Å². The van der Waals surface area contributed by atoms with Crippen molar-refractivity contribution in [3.8, 4) is 0 Å². The first-order chi connectivity index (χ1) is 4.85. The van der Waals surface area contributed by atoms with Crippen molar-refractivity contribution >= 4 is 0 Å². The fraction of sp³-hybridized carbons (Fsp3) is 0.600. The molecule has 0 nitrogen and oxygen atoms in total. The van der Waals surface area contributed by atoms with E-state index in [4.69, 9.17) is 0 Å². The zero-order valence-electron chi connectivity index (χ0n) is 7.35. The molecule has 0 fully saturated rings. The van der Waals surface area contributed by atoms with E-state index in [2.05, 4.69) is 39.0 Å². The third kappa shape index (κ3) is 4.37. The first-order valence-electron chi connectivity index (χ1n) is 4.16. The number of allylic oxidation sites excluding steroid dienone is 4. The molecule has 0 amide bonds. The molecular formula is C10H18. The Balaban J connectivity index is 3.84. The largest absolute Gasteiger partial charge is 0.0874 e. The topological polar surface area (TPSA) is 0 Å². The van der Waals surface area contributed by atoms with Crippen molar-refractivity contribution in [3.05, 3.63) is 23.8 Å². The van der Waals surface area contributed by atoms with Gasteiger partial charge in [-0.15, -0.1) is 0 Å². The minimum absolute atomic E-state index is 1.15. The van der Waals surface area contributed by atoms with Crippen molar-refractivity contribution in [2.75, 3.05) is 0 Å². The summed E-state index contributed by atoms with van der Waals surface area (Å²) in [5.41, 5.74) is 1.48. The fourth-order valence-corrected chi connectivity index (χ4v) is 1.02. The Bertz CT molecular complexity index is 118. The van der Waals surface area contributed by atoms with Gasteiger partial charge in [-0.05, 0) is 19.8 Å². The van der Waals surface area contributed by atoms with Crippen molar-refractivity contribution in [1.82, 2.24) is 0 Å². The average Bonchev–Trinajstić information content (AvgIpc) is 1.90. The highest BCUT2D eigenvalue weighted by Gasteiger charge is 1.86. The van der Waals surface area contributed by atoms with Crippen LogP contribution in [0.15, 0.2) is 23.8 Å². The summed E-state index contributed by atoms with van der Waals surface area (Å²) in [5.74, 6) is 0. The van der Waals surface area contributed by atoms with Crippen LogP contribution < -0.4 is 0 Å². The van der Waals surface area contributed by atoms with E-state index in [1.165, 1.54) is 18.4 Å². The van der Waals surface area contributed by atoms with E-state index in [9.17, 15) is 0 Å². The standard InChI is InChI=1S/C10H18/c1-4-7-10(8-5-2)9-6-3/h4,7-8H,5-6,9H2,1-3H3/b7-4+,10-8+. The zero-order chi connectivity index (χ0) is 7.82. The van der Waals surface area contributed by atoms with Gasteiger partial charge in [-0.3, -0.25) is 0 Å². The zero-order valence-corrected chi connectivity index (χ0v) is 7.35. The molecule has 10 heavy (non-hydrogen) atoms. The summed E-state index contributed by atoms with van der Waals surface area (Å²) < 4.78 is 0. The highest BCUT2D eigenvalue weighted by atomic mass is 13.9. The quantitative estimate of drug-likeness (QED) is 0.520. The van der Waals surface area contributed by atoms with E-state index in [1.807, 2.05) is 0 Å². The summed E-state index contributed by atoms with van der Waals surface area (Å²) in [6.45, 7) is 6.46. The second-order valence-electron chi connectivity index (χ2n) is 2.44. The maximum absolute atomic E-state index is 2.30. The average molecular weight is 138 g/mol. The molecule has 0 atom stereocenters. The van der Waals surface area contributed by atoms with E-state index in [-0.39, 0.29) is 0 Å². The molecule has 0 unspecified atom stereocenters. The predicted molar refractivity (Wildman–Crippen MR) is 48.1 cm³/mol. The molecule has 0 heteroatoms. The first kappa shape index (κ1) is 9.48. The third-order valence-electron chi connectivity index (χ3n) is 1.39. The summed E-state index contributed by atoms with van der Waals surface area (Å²) in [5, 5.41) is 0. The number of hydrogen-bond donors (Lipinski definition) is 0. The smallest absolute Gasteiger partial charge is 0.0285 e. The molecule has 0 radical (unpaired) electrons. The van der Waals surface area contributed by atoms with Gasteiger partial charge in [-0.1, -0.05) is 44.1 Å². The van der Waals surface area contributed by atoms with Crippen LogP contribution in [-0.4, -0.2) is 0 Å². The van der Waals surface area contributed by atoms with E-state index in [1.54, 1.807) is 0 Å². The summed E-state index contributed by atoms with van der Waals surface area (Å²) in [6.07, 6.45) is 10.2. The Kier molecular flexibility index (Phi) is 6.25. The summed E-state index contributed by atoms with van der Waals surface area (Å²) >= 11 is 0. The molecular weight excluding hydrogens is 120 g/mol. The van der Waals surface area contributed by atoms with Crippen LogP contribution in [0, 0.1) is 0 Å². The highest BCUT2D eigenvalue weighted by Crippen LogP contribution is 2.06. The van der Waals surface area contributed by atoms with Crippen LogP contribution in [0.2, 0.25) is 0 Å². The van der Waals surface area contributed by atoms with Crippen LogP contribution in [-0.2, 0) is 0 Å². The molecule has 0 aromatic heterocycles. The molecule has 0 saturated carbocycles. The molecule has 0 spiro atoms. The van der Waals surface area contributed by atoms with E-state index in [0.29, 0.717) is 0 Å². The van der Waals surface area contributed by atoms with Crippen LogP contribution in [0.4, 0.5) is 0 Å². The van der Waals surface area contributed by atoms with Gasteiger partial charge >= 0.3 is 0 Å². The molecule has 0 N–H and O–H groups in total. The van der Waals surface area contributed by atoms with Gasteiger partial charge in [-0.2, -0.15) is 0 Å². The predicted octanol–water partition coefficient (Wildman–Crippen LogP) is 3.70. The summed E-state index contributed by atoms with van der Waals surface area (Å²) in [4.78, 5) is 0. The lowest BCUT2D eigenvalue weighted by atomic mass is 10.1. The van der Waals surface area contributed by atoms with Gasteiger partial charge in [-0.25, -0.2) is 0 Å². The van der Waals surface area contributed by atoms with Crippen LogP contribution in [0.5, 0.6) is 0 Å². The Morgan fingerprint density at radius 1 is 1.30 bits per heavy atom. The molecule has 0 aliphatic heterocycles. The molecule has 0 bridgehead atoms. The lowest BCUT2D eigenvalue weighted by molar-refractivity contribution is 0.917. The van der Waals surface area contributed by atoms with Gasteiger partial charge in [0.2, 0.25) is 0 Å². The molecule has 0 heterocycles. The second-order valence-corrected chi connectivity index (χ2v) is 2.44. The molecule has 0 saturated heterocycles. The molecule has 58 valence electrons. The van der Waals surface area contributed by atoms with Gasteiger partial charge in [0.15, 0.2) is 0 Å². The van der Waals surface area contributed by atoms with E-state index >= 15 is 0 Å². The Morgan fingerprint density at radius 2 is 2.00 bits per heavy atom. The van der Waals surface area contributed by atoms with Crippen molar-refractivity contribution in [1.29, 1.82) is 0 Å². The summed E-state index contributed by atoms with van der Waals surface area (Å²) in [6, 6.07) is 0. The summed E-state index contributed by atoms with van der Waals surface area (Å²) in [7, 11) is 0. The molecule has 0 aliphatic rings. The van der Waals surface area contributed by atoms with Gasteiger partial charge in [0.25, 0.3) is 0 Å². The molecule has 0 rings (SSSR count). The highest BCUT2D eigenvalue weighted by molar-refractivity contribution is 5.17. The third-order valence-corrected chi connectivity index (χ3v) is 1.39. The maximum atomic E-state index is 2.30.